The molecule has 1 saturated carbocycles. The lowest BCUT2D eigenvalue weighted by atomic mass is 10.2. The number of hydrogen-bond donors (Lipinski definition) is 0. The molecule has 1 heterocycles. The van der Waals surface area contributed by atoms with Gasteiger partial charge < -0.3 is 13.9 Å². The summed E-state index contributed by atoms with van der Waals surface area (Å²) in [6, 6.07) is 0. The molecule has 27 heavy (non-hydrogen) atoms. The normalized spacial score (nSPS) is 20.6. The maximum atomic E-state index is 12.1. The van der Waals surface area contributed by atoms with Crippen molar-refractivity contribution in [2.45, 2.75) is 75.5 Å². The molecule has 6 nitrogen and oxygen atoms in total. The SMILES string of the molecule is COC(=O)c1c(Cl)nc(SC)nc1O[C@H]1CC[C@@H](O[Si](C)(C)C(C)(C)C)C1. The number of esters is 1. The first-order valence-electron chi connectivity index (χ1n) is 9.02. The van der Waals surface area contributed by atoms with Crippen LogP contribution in [0.1, 0.15) is 50.4 Å². The van der Waals surface area contributed by atoms with Gasteiger partial charge in [0.2, 0.25) is 5.88 Å². The van der Waals surface area contributed by atoms with Gasteiger partial charge in [0.05, 0.1) is 7.11 Å². The smallest absolute Gasteiger partial charge is 0.346 e. The highest BCUT2D eigenvalue weighted by molar-refractivity contribution is 7.98. The molecule has 0 amide bonds. The van der Waals surface area contributed by atoms with Crippen LogP contribution in [0, 0.1) is 0 Å². The highest BCUT2D eigenvalue weighted by Gasteiger charge is 2.41. The minimum atomic E-state index is -1.83. The van der Waals surface area contributed by atoms with Crippen LogP contribution in [0.5, 0.6) is 5.88 Å². The number of ether oxygens (including phenoxy) is 2. The highest BCUT2D eigenvalue weighted by Crippen LogP contribution is 2.40. The van der Waals surface area contributed by atoms with Crippen molar-refractivity contribution in [3.8, 4) is 5.88 Å². The lowest BCUT2D eigenvalue weighted by Crippen LogP contribution is -2.43. The molecule has 1 fully saturated rings. The monoisotopic (exact) mass is 432 g/mol. The molecule has 1 aliphatic carbocycles. The number of hydrogen-bond acceptors (Lipinski definition) is 7. The number of rotatable bonds is 6. The summed E-state index contributed by atoms with van der Waals surface area (Å²) in [5, 5.41) is 0.662. The second kappa shape index (κ2) is 8.67. The first-order chi connectivity index (χ1) is 12.5. The van der Waals surface area contributed by atoms with Crippen molar-refractivity contribution >= 4 is 37.6 Å². The van der Waals surface area contributed by atoms with E-state index >= 15 is 0 Å². The quantitative estimate of drug-likeness (QED) is 0.207. The molecule has 0 N–H and O–H groups in total. The van der Waals surface area contributed by atoms with Gasteiger partial charge in [-0.3, -0.25) is 0 Å². The Kier molecular flexibility index (Phi) is 7.21. The molecule has 9 heteroatoms. The molecule has 0 aromatic carbocycles. The Bertz CT molecular complexity index is 697. The third-order valence-electron chi connectivity index (χ3n) is 5.27. The maximum absolute atomic E-state index is 12.1. The van der Waals surface area contributed by atoms with Gasteiger partial charge in [-0.25, -0.2) is 9.78 Å². The van der Waals surface area contributed by atoms with Gasteiger partial charge in [-0.1, -0.05) is 44.1 Å². The average molecular weight is 433 g/mol. The number of carbonyl (C=O) groups is 1. The summed E-state index contributed by atoms with van der Waals surface area (Å²) in [6.45, 7) is 11.2. The van der Waals surface area contributed by atoms with Gasteiger partial charge in [0.1, 0.15) is 6.10 Å². The molecule has 152 valence electrons. The zero-order chi connectivity index (χ0) is 20.4. The molecule has 0 unspecified atom stereocenters. The summed E-state index contributed by atoms with van der Waals surface area (Å²) >= 11 is 7.51. The van der Waals surface area contributed by atoms with E-state index in [9.17, 15) is 4.79 Å². The predicted molar refractivity (Wildman–Crippen MR) is 110 cm³/mol. The largest absolute Gasteiger partial charge is 0.473 e. The van der Waals surface area contributed by atoms with Crippen molar-refractivity contribution in [2.75, 3.05) is 13.4 Å². The molecule has 2 atom stereocenters. The molecule has 1 aromatic heterocycles. The van der Waals surface area contributed by atoms with Crippen LogP contribution >= 0.6 is 23.4 Å². The Hall–Kier alpha value is -0.833. The minimum Gasteiger partial charge on any atom is -0.473 e. The van der Waals surface area contributed by atoms with Crippen molar-refractivity contribution < 1.29 is 18.7 Å². The molecular weight excluding hydrogens is 404 g/mol. The van der Waals surface area contributed by atoms with Crippen LogP contribution in [-0.4, -0.2) is 49.8 Å². The van der Waals surface area contributed by atoms with E-state index in [0.717, 1.165) is 19.3 Å². The molecular formula is C18H29ClN2O4SSi. The van der Waals surface area contributed by atoms with Crippen LogP contribution < -0.4 is 4.74 Å². The minimum absolute atomic E-state index is 0.0447. The predicted octanol–water partition coefficient (Wildman–Crippen LogP) is 4.96. The van der Waals surface area contributed by atoms with Gasteiger partial charge in [0.25, 0.3) is 0 Å². The lowest BCUT2D eigenvalue weighted by molar-refractivity contribution is 0.0590. The molecule has 2 rings (SSSR count). The topological polar surface area (TPSA) is 70.5 Å². The second-order valence-corrected chi connectivity index (χ2v) is 14.1. The van der Waals surface area contributed by atoms with Crippen molar-refractivity contribution in [1.29, 1.82) is 0 Å². The van der Waals surface area contributed by atoms with E-state index in [0.29, 0.717) is 5.16 Å². The molecule has 0 radical (unpaired) electrons. The Morgan fingerprint density at radius 1 is 1.22 bits per heavy atom. The van der Waals surface area contributed by atoms with E-state index in [1.807, 2.05) is 6.26 Å². The van der Waals surface area contributed by atoms with E-state index < -0.39 is 14.3 Å². The van der Waals surface area contributed by atoms with Crippen LogP contribution in [-0.2, 0) is 9.16 Å². The third-order valence-corrected chi connectivity index (χ3v) is 10.6. The van der Waals surface area contributed by atoms with E-state index in [1.54, 1.807) is 0 Å². The number of carbonyl (C=O) groups excluding carboxylic acids is 1. The molecule has 1 aliphatic rings. The lowest BCUT2D eigenvalue weighted by Gasteiger charge is -2.38. The van der Waals surface area contributed by atoms with Crippen LogP contribution in [0.25, 0.3) is 0 Å². The van der Waals surface area contributed by atoms with Gasteiger partial charge in [-0.15, -0.1) is 0 Å². The van der Waals surface area contributed by atoms with Gasteiger partial charge in [-0.2, -0.15) is 4.98 Å². The molecule has 0 bridgehead atoms. The van der Waals surface area contributed by atoms with E-state index in [4.69, 9.17) is 25.5 Å². The van der Waals surface area contributed by atoms with E-state index in [2.05, 4.69) is 43.8 Å². The second-order valence-electron chi connectivity index (χ2n) is 8.23. The molecule has 0 saturated heterocycles. The van der Waals surface area contributed by atoms with Crippen LogP contribution in [0.15, 0.2) is 5.16 Å². The Balaban J connectivity index is 2.14. The third kappa shape index (κ3) is 5.37. The summed E-state index contributed by atoms with van der Waals surface area (Å²) in [6.07, 6.45) is 4.46. The Morgan fingerprint density at radius 2 is 1.85 bits per heavy atom. The number of halogens is 1. The van der Waals surface area contributed by atoms with Crippen molar-refractivity contribution in [3.05, 3.63) is 10.7 Å². The first kappa shape index (κ1) is 22.5. The Morgan fingerprint density at radius 3 is 2.41 bits per heavy atom. The van der Waals surface area contributed by atoms with E-state index in [-0.39, 0.29) is 33.8 Å². The summed E-state index contributed by atoms with van der Waals surface area (Å²) in [4.78, 5) is 20.5. The summed E-state index contributed by atoms with van der Waals surface area (Å²) in [5.41, 5.74) is 0.0748. The van der Waals surface area contributed by atoms with Crippen LogP contribution in [0.2, 0.25) is 23.3 Å². The number of thioether (sulfide) groups is 1. The Labute approximate surface area is 171 Å². The zero-order valence-electron chi connectivity index (χ0n) is 17.1. The fourth-order valence-electron chi connectivity index (χ4n) is 2.71. The standard InChI is InChI=1S/C18H29ClN2O4SSi/c1-18(2,3)27(6,7)25-12-9-8-11(10-12)24-15-13(16(22)23-4)14(19)20-17(21-15)26-5/h11-12H,8-10H2,1-7H3/t11-,12+/m0/s1. The highest BCUT2D eigenvalue weighted by atomic mass is 35.5. The zero-order valence-corrected chi connectivity index (χ0v) is 19.7. The number of aromatic nitrogens is 2. The fourth-order valence-corrected chi connectivity index (χ4v) is 4.76. The van der Waals surface area contributed by atoms with E-state index in [1.165, 1.54) is 18.9 Å². The molecule has 0 spiro atoms. The molecule has 0 aliphatic heterocycles. The van der Waals surface area contributed by atoms with Crippen LogP contribution in [0.4, 0.5) is 0 Å². The van der Waals surface area contributed by atoms with Gasteiger partial charge in [0, 0.05) is 12.5 Å². The van der Waals surface area contributed by atoms with Gasteiger partial charge in [0.15, 0.2) is 24.2 Å². The summed E-state index contributed by atoms with van der Waals surface area (Å²) in [7, 11) is -0.534. The van der Waals surface area contributed by atoms with Crippen molar-refractivity contribution in [2.24, 2.45) is 0 Å². The summed E-state index contributed by atoms with van der Waals surface area (Å²) in [5.74, 6) is -0.418. The van der Waals surface area contributed by atoms with Gasteiger partial charge in [-0.05, 0) is 37.2 Å². The average Bonchev–Trinajstić information content (AvgIpc) is 2.99. The maximum Gasteiger partial charge on any atom is 0.346 e. The van der Waals surface area contributed by atoms with Crippen molar-refractivity contribution in [3.63, 3.8) is 0 Å². The van der Waals surface area contributed by atoms with Gasteiger partial charge >= 0.3 is 5.97 Å². The summed E-state index contributed by atoms with van der Waals surface area (Å²) < 4.78 is 17.4. The van der Waals surface area contributed by atoms with Crippen LogP contribution in [0.3, 0.4) is 0 Å². The fraction of sp³-hybridized carbons (Fsp3) is 0.722. The number of methoxy groups -OCH3 is 1. The molecule has 1 aromatic rings. The first-order valence-corrected chi connectivity index (χ1v) is 13.5. The van der Waals surface area contributed by atoms with Crippen molar-refractivity contribution in [1.82, 2.24) is 9.97 Å². The number of nitrogens with zero attached hydrogens (tertiary/aromatic N) is 2.